The van der Waals surface area contributed by atoms with Crippen LogP contribution in [0.2, 0.25) is 0 Å². The summed E-state index contributed by atoms with van der Waals surface area (Å²) in [4.78, 5) is 14.7. The largest absolute Gasteiger partial charge is 0.392 e. The van der Waals surface area contributed by atoms with E-state index < -0.39 is 5.92 Å². The summed E-state index contributed by atoms with van der Waals surface area (Å²) in [6, 6.07) is 9.46. The number of carbonyl (C=O) groups excluding carboxylic acids is 1. The van der Waals surface area contributed by atoms with Crippen LogP contribution in [0.3, 0.4) is 0 Å². The Hall–Kier alpha value is -1.46. The van der Waals surface area contributed by atoms with E-state index in [0.29, 0.717) is 13.2 Å². The first-order valence-electron chi connectivity index (χ1n) is 6.62. The Bertz CT molecular complexity index is 448. The number of rotatable bonds is 7. The molecule has 0 radical (unpaired) electrons. The number of benzene rings is 1. The quantitative estimate of drug-likeness (QED) is 0.781. The zero-order chi connectivity index (χ0) is 15.1. The predicted octanol–water partition coefficient (Wildman–Crippen LogP) is 1.94. The van der Waals surface area contributed by atoms with Crippen LogP contribution in [-0.4, -0.2) is 42.1 Å². The lowest BCUT2D eigenvalue weighted by Gasteiger charge is -2.30. The van der Waals surface area contributed by atoms with Crippen molar-refractivity contribution in [3.8, 4) is 0 Å². The van der Waals surface area contributed by atoms with Gasteiger partial charge in [-0.3, -0.25) is 4.79 Å². The van der Waals surface area contributed by atoms with Gasteiger partial charge in [-0.1, -0.05) is 42.5 Å². The van der Waals surface area contributed by atoms with E-state index in [1.54, 1.807) is 12.0 Å². The van der Waals surface area contributed by atoms with Gasteiger partial charge in [0.25, 0.3) is 0 Å². The van der Waals surface area contributed by atoms with Gasteiger partial charge in [-0.15, -0.1) is 0 Å². The average Bonchev–Trinajstić information content (AvgIpc) is 2.39. The molecule has 0 aliphatic heterocycles. The van der Waals surface area contributed by atoms with Crippen LogP contribution in [0, 0.1) is 0 Å². The van der Waals surface area contributed by atoms with Crippen LogP contribution in [0.15, 0.2) is 30.3 Å². The number of methoxy groups -OCH3 is 1. The fraction of sp³-hybridized carbons (Fsp3) is 0.467. The third-order valence-electron chi connectivity index (χ3n) is 3.11. The Morgan fingerprint density at radius 3 is 2.40 bits per heavy atom. The number of hydrogen-bond acceptors (Lipinski definition) is 3. The lowest BCUT2D eigenvalue weighted by molar-refractivity contribution is -0.133. The maximum Gasteiger partial charge on any atom is 0.237 e. The Morgan fingerprint density at radius 1 is 1.35 bits per heavy atom. The first-order valence-corrected chi connectivity index (χ1v) is 7.03. The first-order chi connectivity index (χ1) is 9.49. The third kappa shape index (κ3) is 4.28. The van der Waals surface area contributed by atoms with Gasteiger partial charge in [-0.2, -0.15) is 0 Å². The predicted molar refractivity (Wildman–Crippen MR) is 84.7 cm³/mol. The molecule has 1 aromatic carbocycles. The Labute approximate surface area is 125 Å². The van der Waals surface area contributed by atoms with E-state index in [0.717, 1.165) is 5.56 Å². The van der Waals surface area contributed by atoms with Crippen molar-refractivity contribution < 1.29 is 9.53 Å². The third-order valence-corrected chi connectivity index (χ3v) is 3.34. The van der Waals surface area contributed by atoms with E-state index in [4.69, 9.17) is 22.7 Å². The molecule has 1 aromatic rings. The van der Waals surface area contributed by atoms with Crippen molar-refractivity contribution in [1.29, 1.82) is 0 Å². The van der Waals surface area contributed by atoms with Gasteiger partial charge < -0.3 is 15.4 Å². The van der Waals surface area contributed by atoms with Gasteiger partial charge in [0.05, 0.1) is 11.6 Å². The van der Waals surface area contributed by atoms with Crippen molar-refractivity contribution in [3.05, 3.63) is 35.9 Å². The highest BCUT2D eigenvalue weighted by Crippen LogP contribution is 2.20. The fourth-order valence-electron chi connectivity index (χ4n) is 2.05. The second-order valence-electron chi connectivity index (χ2n) is 4.86. The van der Waals surface area contributed by atoms with Crippen molar-refractivity contribution in [1.82, 2.24) is 4.90 Å². The van der Waals surface area contributed by atoms with Crippen LogP contribution >= 0.6 is 12.2 Å². The number of thiocarbonyl (C=S) groups is 1. The zero-order valence-corrected chi connectivity index (χ0v) is 13.0. The van der Waals surface area contributed by atoms with E-state index in [1.165, 1.54) is 0 Å². The van der Waals surface area contributed by atoms with Gasteiger partial charge in [-0.25, -0.2) is 0 Å². The lowest BCUT2D eigenvalue weighted by atomic mass is 9.97. The topological polar surface area (TPSA) is 55.6 Å². The minimum atomic E-state index is -0.578. The summed E-state index contributed by atoms with van der Waals surface area (Å²) in [5.41, 5.74) is 6.62. The summed E-state index contributed by atoms with van der Waals surface area (Å²) in [5, 5.41) is 0. The molecule has 0 saturated carbocycles. The number of ether oxygens (including phenoxy) is 1. The van der Waals surface area contributed by atoms with E-state index in [-0.39, 0.29) is 16.9 Å². The number of amides is 1. The standard InChI is InChI=1S/C15H22N2O2S/c1-11(2)17(9-10-19-3)15(18)13(14(16)20)12-7-5-4-6-8-12/h4-8,11,13H,9-10H2,1-3H3,(H2,16,20). The molecular formula is C15H22N2O2S. The van der Waals surface area contributed by atoms with Crippen molar-refractivity contribution in [3.63, 3.8) is 0 Å². The van der Waals surface area contributed by atoms with Gasteiger partial charge in [0.2, 0.25) is 5.91 Å². The number of hydrogen-bond donors (Lipinski definition) is 1. The first kappa shape index (κ1) is 16.6. The summed E-state index contributed by atoms with van der Waals surface area (Å²) in [6.07, 6.45) is 0. The summed E-state index contributed by atoms with van der Waals surface area (Å²) in [5.74, 6) is -0.652. The number of nitrogens with two attached hydrogens (primary N) is 1. The highest BCUT2D eigenvalue weighted by molar-refractivity contribution is 7.80. The molecule has 1 unspecified atom stereocenters. The maximum absolute atomic E-state index is 12.7. The van der Waals surface area contributed by atoms with E-state index >= 15 is 0 Å². The Balaban J connectivity index is 3.01. The smallest absolute Gasteiger partial charge is 0.237 e. The minimum absolute atomic E-state index is 0.0678. The van der Waals surface area contributed by atoms with Gasteiger partial charge in [0, 0.05) is 19.7 Å². The molecule has 0 aromatic heterocycles. The van der Waals surface area contributed by atoms with Crippen molar-refractivity contribution in [2.45, 2.75) is 25.8 Å². The lowest BCUT2D eigenvalue weighted by Crippen LogP contribution is -2.45. The Kier molecular flexibility index (Phi) is 6.61. The van der Waals surface area contributed by atoms with Crippen LogP contribution < -0.4 is 5.73 Å². The van der Waals surface area contributed by atoms with Crippen LogP contribution in [-0.2, 0) is 9.53 Å². The molecule has 110 valence electrons. The molecule has 0 fully saturated rings. The Morgan fingerprint density at radius 2 is 1.95 bits per heavy atom. The molecule has 0 spiro atoms. The molecule has 20 heavy (non-hydrogen) atoms. The molecular weight excluding hydrogens is 272 g/mol. The molecule has 0 bridgehead atoms. The van der Waals surface area contributed by atoms with Gasteiger partial charge in [0.15, 0.2) is 0 Å². The molecule has 5 heteroatoms. The van der Waals surface area contributed by atoms with Crippen molar-refractivity contribution in [2.75, 3.05) is 20.3 Å². The highest BCUT2D eigenvalue weighted by atomic mass is 32.1. The average molecular weight is 294 g/mol. The van der Waals surface area contributed by atoms with Crippen LogP contribution in [0.5, 0.6) is 0 Å². The van der Waals surface area contributed by atoms with E-state index in [1.807, 2.05) is 44.2 Å². The fourth-order valence-corrected chi connectivity index (χ4v) is 2.29. The molecule has 4 nitrogen and oxygen atoms in total. The molecule has 0 aliphatic rings. The highest BCUT2D eigenvalue weighted by Gasteiger charge is 2.29. The monoisotopic (exact) mass is 294 g/mol. The van der Waals surface area contributed by atoms with Crippen molar-refractivity contribution in [2.24, 2.45) is 5.73 Å². The molecule has 2 N–H and O–H groups in total. The van der Waals surface area contributed by atoms with Gasteiger partial charge >= 0.3 is 0 Å². The molecule has 1 atom stereocenters. The minimum Gasteiger partial charge on any atom is -0.392 e. The SMILES string of the molecule is COCCN(C(=O)C(C(N)=S)c1ccccc1)C(C)C. The maximum atomic E-state index is 12.7. The molecule has 1 rings (SSSR count). The molecule has 1 amide bonds. The summed E-state index contributed by atoms with van der Waals surface area (Å²) >= 11 is 5.09. The normalized spacial score (nSPS) is 12.2. The van der Waals surface area contributed by atoms with Crippen LogP contribution in [0.1, 0.15) is 25.3 Å². The summed E-state index contributed by atoms with van der Waals surface area (Å²) in [7, 11) is 1.62. The van der Waals surface area contributed by atoms with E-state index in [2.05, 4.69) is 0 Å². The van der Waals surface area contributed by atoms with E-state index in [9.17, 15) is 4.79 Å². The van der Waals surface area contributed by atoms with Gasteiger partial charge in [-0.05, 0) is 19.4 Å². The van der Waals surface area contributed by atoms with Gasteiger partial charge in [0.1, 0.15) is 5.92 Å². The second-order valence-corrected chi connectivity index (χ2v) is 5.34. The van der Waals surface area contributed by atoms with Crippen molar-refractivity contribution >= 4 is 23.1 Å². The summed E-state index contributed by atoms with van der Waals surface area (Å²) < 4.78 is 5.06. The summed E-state index contributed by atoms with van der Waals surface area (Å²) in [6.45, 7) is 4.95. The molecule has 0 aliphatic carbocycles. The molecule has 0 saturated heterocycles. The zero-order valence-electron chi connectivity index (χ0n) is 12.2. The number of carbonyl (C=O) groups is 1. The van der Waals surface area contributed by atoms with Crippen LogP contribution in [0.25, 0.3) is 0 Å². The number of nitrogens with zero attached hydrogens (tertiary/aromatic N) is 1. The molecule has 0 heterocycles. The van der Waals surface area contributed by atoms with Crippen LogP contribution in [0.4, 0.5) is 0 Å². The second kappa shape index (κ2) is 7.97.